The zero-order chi connectivity index (χ0) is 31.1. The number of hydrogen-bond donors (Lipinski definition) is 1. The van der Waals surface area contributed by atoms with Crippen LogP contribution in [0.2, 0.25) is 0 Å². The van der Waals surface area contributed by atoms with E-state index in [1.54, 1.807) is 67.4 Å². The second-order valence-electron chi connectivity index (χ2n) is 9.77. The summed E-state index contributed by atoms with van der Waals surface area (Å²) in [6, 6.07) is 29.8. The first-order valence-electron chi connectivity index (χ1n) is 13.6. The molecule has 0 radical (unpaired) electrons. The zero-order valence-electron chi connectivity index (χ0n) is 23.9. The Labute approximate surface area is 253 Å². The molecule has 220 valence electrons. The lowest BCUT2D eigenvalue weighted by Gasteiger charge is -2.17. The Hall–Kier alpha value is -6.03. The van der Waals surface area contributed by atoms with Gasteiger partial charge in [-0.05, 0) is 61.0 Å². The summed E-state index contributed by atoms with van der Waals surface area (Å²) in [6.45, 7) is 1.71. The number of amides is 1. The number of anilines is 1. The molecule has 0 unspecified atom stereocenters. The lowest BCUT2D eigenvalue weighted by atomic mass is 10.1. The number of aromatic nitrogens is 2. The van der Waals surface area contributed by atoms with Crippen LogP contribution in [0.4, 0.5) is 11.4 Å². The van der Waals surface area contributed by atoms with Gasteiger partial charge >= 0.3 is 5.97 Å². The van der Waals surface area contributed by atoms with Crippen LogP contribution >= 0.6 is 0 Å². The van der Waals surface area contributed by atoms with Gasteiger partial charge in [0.05, 0.1) is 23.4 Å². The van der Waals surface area contributed by atoms with Gasteiger partial charge in [-0.1, -0.05) is 54.6 Å². The number of nitro benzene ring substituents is 1. The average molecular weight is 589 g/mol. The Morgan fingerprint density at radius 2 is 1.64 bits per heavy atom. The monoisotopic (exact) mass is 588 g/mol. The highest BCUT2D eigenvalue weighted by atomic mass is 16.6. The fourth-order valence-electron chi connectivity index (χ4n) is 4.51. The number of nitrogens with zero attached hydrogens (tertiary/aromatic N) is 3. The summed E-state index contributed by atoms with van der Waals surface area (Å²) in [5.41, 5.74) is 3.67. The molecule has 5 aromatic rings. The van der Waals surface area contributed by atoms with Crippen LogP contribution in [-0.4, -0.2) is 33.7 Å². The van der Waals surface area contributed by atoms with E-state index < -0.39 is 22.9 Å². The van der Waals surface area contributed by atoms with Gasteiger partial charge in [-0.2, -0.15) is 5.10 Å². The Bertz CT molecular complexity index is 1820. The van der Waals surface area contributed by atoms with E-state index >= 15 is 0 Å². The molecule has 1 aromatic heterocycles. The molecule has 0 aliphatic heterocycles. The number of esters is 1. The van der Waals surface area contributed by atoms with Crippen molar-refractivity contribution < 1.29 is 24.0 Å². The summed E-state index contributed by atoms with van der Waals surface area (Å²) in [6.07, 6.45) is 3.20. The largest absolute Gasteiger partial charge is 0.497 e. The maximum absolute atomic E-state index is 13.4. The normalized spacial score (nSPS) is 11.6. The molecule has 0 spiro atoms. The second kappa shape index (κ2) is 13.3. The topological polar surface area (TPSA) is 126 Å². The van der Waals surface area contributed by atoms with Gasteiger partial charge in [-0.15, -0.1) is 0 Å². The minimum absolute atomic E-state index is 0.00409. The number of aryl methyl sites for hydroxylation is 1. The molecule has 0 aliphatic rings. The Morgan fingerprint density at radius 1 is 0.955 bits per heavy atom. The van der Waals surface area contributed by atoms with E-state index in [1.807, 2.05) is 54.6 Å². The number of carbonyl (C=O) groups excluding carboxylic acids is 2. The number of carbonyl (C=O) groups is 2. The zero-order valence-corrected chi connectivity index (χ0v) is 23.9. The van der Waals surface area contributed by atoms with Crippen molar-refractivity contribution in [3.05, 3.63) is 142 Å². The van der Waals surface area contributed by atoms with Crippen molar-refractivity contribution in [3.8, 4) is 22.7 Å². The molecule has 0 fully saturated rings. The Morgan fingerprint density at radius 3 is 2.30 bits per heavy atom. The van der Waals surface area contributed by atoms with Crippen LogP contribution in [0.15, 0.2) is 115 Å². The number of methoxy groups -OCH3 is 1. The molecule has 10 heteroatoms. The molecule has 1 heterocycles. The Kier molecular flexibility index (Phi) is 8.91. The van der Waals surface area contributed by atoms with Crippen molar-refractivity contribution in [2.24, 2.45) is 0 Å². The van der Waals surface area contributed by atoms with Crippen LogP contribution in [0.5, 0.6) is 5.75 Å². The fraction of sp³-hybridized carbons (Fsp3) is 0.0882. The number of hydrogen-bond acceptors (Lipinski definition) is 7. The van der Waals surface area contributed by atoms with E-state index in [9.17, 15) is 19.7 Å². The molecule has 5 rings (SSSR count). The standard InChI is InChI=1S/C34H28N4O6/c1-23-13-19-29(30(21-23)38(41)42)35-34(40)33(25-9-5-3-6-10-25)44-31(39)20-16-26-22-37(27-11-7-4-8-12-27)36-32(26)24-14-17-28(43-2)18-15-24/h3-22,33H,1-2H3,(H,35,40)/b20-16+/t33-/m1/s1. The molecule has 10 nitrogen and oxygen atoms in total. The molecule has 1 amide bonds. The van der Waals surface area contributed by atoms with E-state index in [1.165, 1.54) is 18.2 Å². The maximum atomic E-state index is 13.4. The fourth-order valence-corrected chi connectivity index (χ4v) is 4.51. The van der Waals surface area contributed by atoms with Crippen molar-refractivity contribution in [2.45, 2.75) is 13.0 Å². The predicted octanol–water partition coefficient (Wildman–Crippen LogP) is 6.70. The lowest BCUT2D eigenvalue weighted by molar-refractivity contribution is -0.384. The summed E-state index contributed by atoms with van der Waals surface area (Å²) in [7, 11) is 1.59. The van der Waals surface area contributed by atoms with E-state index in [0.29, 0.717) is 28.1 Å². The second-order valence-corrected chi connectivity index (χ2v) is 9.77. The maximum Gasteiger partial charge on any atom is 0.331 e. The molecule has 0 saturated heterocycles. The molecular formula is C34H28N4O6. The first-order chi connectivity index (χ1) is 21.3. The van der Waals surface area contributed by atoms with Gasteiger partial charge in [-0.25, -0.2) is 9.48 Å². The molecule has 0 aliphatic carbocycles. The number of nitrogens with one attached hydrogen (secondary N) is 1. The summed E-state index contributed by atoms with van der Waals surface area (Å²) < 4.78 is 12.6. The van der Waals surface area contributed by atoms with Crippen molar-refractivity contribution in [1.82, 2.24) is 9.78 Å². The van der Waals surface area contributed by atoms with Crippen molar-refractivity contribution >= 4 is 29.3 Å². The van der Waals surface area contributed by atoms with Crippen LogP contribution in [0.3, 0.4) is 0 Å². The third-order valence-corrected chi connectivity index (χ3v) is 6.71. The van der Waals surface area contributed by atoms with Crippen molar-refractivity contribution in [1.29, 1.82) is 0 Å². The van der Waals surface area contributed by atoms with Gasteiger partial charge in [0.25, 0.3) is 11.6 Å². The molecule has 0 bridgehead atoms. The highest BCUT2D eigenvalue weighted by Gasteiger charge is 2.27. The highest BCUT2D eigenvalue weighted by Crippen LogP contribution is 2.29. The van der Waals surface area contributed by atoms with Crippen molar-refractivity contribution in [3.63, 3.8) is 0 Å². The van der Waals surface area contributed by atoms with Crippen LogP contribution in [-0.2, 0) is 14.3 Å². The van der Waals surface area contributed by atoms with Gasteiger partial charge < -0.3 is 14.8 Å². The summed E-state index contributed by atoms with van der Waals surface area (Å²) in [5, 5.41) is 18.9. The van der Waals surface area contributed by atoms with E-state index in [-0.39, 0.29) is 11.4 Å². The van der Waals surface area contributed by atoms with E-state index in [2.05, 4.69) is 5.32 Å². The summed E-state index contributed by atoms with van der Waals surface area (Å²) in [5.74, 6) is -0.834. The van der Waals surface area contributed by atoms with Crippen LogP contribution in [0.25, 0.3) is 23.0 Å². The number of nitro groups is 1. The first-order valence-corrected chi connectivity index (χ1v) is 13.6. The van der Waals surface area contributed by atoms with Gasteiger partial charge in [0.1, 0.15) is 11.4 Å². The number of benzene rings is 4. The number of rotatable bonds is 10. The number of ether oxygens (including phenoxy) is 2. The lowest BCUT2D eigenvalue weighted by Crippen LogP contribution is -2.25. The average Bonchev–Trinajstić information content (AvgIpc) is 3.48. The van der Waals surface area contributed by atoms with Crippen LogP contribution in [0, 0.1) is 17.0 Å². The molecule has 1 N–H and O–H groups in total. The number of para-hydroxylation sites is 1. The molecule has 0 saturated carbocycles. The van der Waals surface area contributed by atoms with Gasteiger partial charge in [0, 0.05) is 35.0 Å². The quantitative estimate of drug-likeness (QED) is 0.0833. The van der Waals surface area contributed by atoms with Crippen LogP contribution < -0.4 is 10.1 Å². The SMILES string of the molecule is COc1ccc(-c2nn(-c3ccccc3)cc2/C=C/C(=O)O[C@@H](C(=O)Nc2ccc(C)cc2[N+](=O)[O-])c2ccccc2)cc1. The third kappa shape index (κ3) is 6.88. The Balaban J connectivity index is 1.43. The minimum atomic E-state index is -1.37. The van der Waals surface area contributed by atoms with Gasteiger partial charge in [-0.3, -0.25) is 14.9 Å². The highest BCUT2D eigenvalue weighted by molar-refractivity contribution is 5.99. The van der Waals surface area contributed by atoms with Gasteiger partial charge in [0.2, 0.25) is 6.10 Å². The van der Waals surface area contributed by atoms with E-state index in [0.717, 1.165) is 11.3 Å². The smallest absolute Gasteiger partial charge is 0.331 e. The van der Waals surface area contributed by atoms with E-state index in [4.69, 9.17) is 14.6 Å². The summed E-state index contributed by atoms with van der Waals surface area (Å²) in [4.78, 5) is 37.5. The first kappa shape index (κ1) is 29.5. The third-order valence-electron chi connectivity index (χ3n) is 6.71. The molecular weight excluding hydrogens is 560 g/mol. The molecule has 44 heavy (non-hydrogen) atoms. The van der Waals surface area contributed by atoms with Gasteiger partial charge in [0.15, 0.2) is 0 Å². The predicted molar refractivity (Wildman–Crippen MR) is 166 cm³/mol. The van der Waals surface area contributed by atoms with Crippen LogP contribution in [0.1, 0.15) is 22.8 Å². The minimum Gasteiger partial charge on any atom is -0.497 e. The molecule has 1 atom stereocenters. The molecule has 4 aromatic carbocycles. The summed E-state index contributed by atoms with van der Waals surface area (Å²) >= 11 is 0. The van der Waals surface area contributed by atoms with Crippen molar-refractivity contribution in [2.75, 3.05) is 12.4 Å².